The van der Waals surface area contributed by atoms with Gasteiger partial charge in [-0.05, 0) is 30.2 Å². The molecule has 0 spiro atoms. The molecule has 1 amide bonds. The number of rotatable bonds is 4. The lowest BCUT2D eigenvalue weighted by Crippen LogP contribution is -2.25. The number of aromatic nitrogens is 4. The molecule has 0 unspecified atom stereocenters. The number of carbonyl (C=O) groups is 1. The van der Waals surface area contributed by atoms with Gasteiger partial charge < -0.3 is 5.32 Å². The van der Waals surface area contributed by atoms with Gasteiger partial charge in [0.15, 0.2) is 0 Å². The van der Waals surface area contributed by atoms with Gasteiger partial charge >= 0.3 is 0 Å². The van der Waals surface area contributed by atoms with E-state index >= 15 is 0 Å². The van der Waals surface area contributed by atoms with Gasteiger partial charge in [-0.2, -0.15) is 5.10 Å². The van der Waals surface area contributed by atoms with E-state index in [2.05, 4.69) is 25.5 Å². The molecule has 0 fully saturated rings. The molecule has 0 aliphatic rings. The lowest BCUT2D eigenvalue weighted by molar-refractivity contribution is 0.0954. The first kappa shape index (κ1) is 12.3. The highest BCUT2D eigenvalue weighted by molar-refractivity contribution is 5.97. The first-order valence-corrected chi connectivity index (χ1v) is 6.28. The zero-order valence-electron chi connectivity index (χ0n) is 10.7. The third-order valence-electron chi connectivity index (χ3n) is 3.02. The summed E-state index contributed by atoms with van der Waals surface area (Å²) in [5.41, 5.74) is 2.55. The number of benzene rings is 1. The molecule has 1 aromatic carbocycles. The number of hydrogen-bond donors (Lipinski definition) is 2. The van der Waals surface area contributed by atoms with Gasteiger partial charge in [0.2, 0.25) is 0 Å². The number of nitrogens with one attached hydrogen (secondary N) is 2. The Labute approximate surface area is 115 Å². The van der Waals surface area contributed by atoms with Crippen molar-refractivity contribution in [3.8, 4) is 0 Å². The molecule has 6 heteroatoms. The summed E-state index contributed by atoms with van der Waals surface area (Å²) in [6.45, 7) is 0.551. The van der Waals surface area contributed by atoms with Gasteiger partial charge in [-0.15, -0.1) is 0 Å². The van der Waals surface area contributed by atoms with Gasteiger partial charge in [0.05, 0.1) is 11.7 Å². The number of hydrogen-bond acceptors (Lipinski definition) is 4. The van der Waals surface area contributed by atoms with Crippen LogP contribution in [0.3, 0.4) is 0 Å². The average molecular weight is 267 g/mol. The Morgan fingerprint density at radius 1 is 1.20 bits per heavy atom. The van der Waals surface area contributed by atoms with Crippen LogP contribution < -0.4 is 5.32 Å². The molecule has 0 bridgehead atoms. The summed E-state index contributed by atoms with van der Waals surface area (Å²) in [6, 6.07) is 5.45. The molecule has 2 heterocycles. The Balaban J connectivity index is 1.61. The van der Waals surface area contributed by atoms with Crippen molar-refractivity contribution >= 4 is 16.8 Å². The maximum absolute atomic E-state index is 12.0. The fourth-order valence-corrected chi connectivity index (χ4v) is 1.97. The van der Waals surface area contributed by atoms with Crippen LogP contribution in [0, 0.1) is 0 Å². The van der Waals surface area contributed by atoms with Crippen LogP contribution in [0.15, 0.2) is 43.1 Å². The lowest BCUT2D eigenvalue weighted by Gasteiger charge is -2.05. The van der Waals surface area contributed by atoms with E-state index in [-0.39, 0.29) is 5.91 Å². The van der Waals surface area contributed by atoms with Crippen molar-refractivity contribution in [2.75, 3.05) is 6.54 Å². The van der Waals surface area contributed by atoms with E-state index in [9.17, 15) is 4.79 Å². The summed E-state index contributed by atoms with van der Waals surface area (Å²) in [7, 11) is 0. The zero-order valence-corrected chi connectivity index (χ0v) is 10.7. The molecular formula is C14H13N5O. The van der Waals surface area contributed by atoms with E-state index in [1.807, 2.05) is 12.1 Å². The highest BCUT2D eigenvalue weighted by atomic mass is 16.1. The molecule has 100 valence electrons. The predicted molar refractivity (Wildman–Crippen MR) is 74.2 cm³/mol. The normalized spacial score (nSPS) is 10.6. The van der Waals surface area contributed by atoms with Crippen molar-refractivity contribution in [2.24, 2.45) is 0 Å². The topological polar surface area (TPSA) is 83.6 Å². The van der Waals surface area contributed by atoms with E-state index < -0.39 is 0 Å². The quantitative estimate of drug-likeness (QED) is 0.747. The molecule has 0 saturated heterocycles. The summed E-state index contributed by atoms with van der Waals surface area (Å²) < 4.78 is 0. The summed E-state index contributed by atoms with van der Waals surface area (Å²) in [5, 5.41) is 10.6. The van der Waals surface area contributed by atoms with E-state index in [0.29, 0.717) is 18.5 Å². The minimum atomic E-state index is -0.0926. The van der Waals surface area contributed by atoms with Crippen LogP contribution >= 0.6 is 0 Å². The Morgan fingerprint density at radius 3 is 2.90 bits per heavy atom. The maximum atomic E-state index is 12.0. The smallest absolute Gasteiger partial charge is 0.251 e. The summed E-state index contributed by atoms with van der Waals surface area (Å²) >= 11 is 0. The van der Waals surface area contributed by atoms with Crippen LogP contribution in [-0.4, -0.2) is 32.6 Å². The van der Waals surface area contributed by atoms with Gasteiger partial charge in [-0.1, -0.05) is 0 Å². The fraction of sp³-hybridized carbons (Fsp3) is 0.143. The average Bonchev–Trinajstić information content (AvgIpc) is 2.95. The third kappa shape index (κ3) is 2.64. The molecule has 3 rings (SSSR count). The van der Waals surface area contributed by atoms with Crippen LogP contribution in [0.5, 0.6) is 0 Å². The Morgan fingerprint density at radius 2 is 2.05 bits per heavy atom. The Kier molecular flexibility index (Phi) is 3.36. The number of H-pyrrole nitrogens is 1. The number of carbonyl (C=O) groups excluding carboxylic acids is 1. The second-order valence-electron chi connectivity index (χ2n) is 4.42. The molecule has 3 aromatic rings. The van der Waals surface area contributed by atoms with Gasteiger partial charge in [0.1, 0.15) is 6.33 Å². The number of nitrogens with zero attached hydrogens (tertiary/aromatic N) is 3. The molecule has 0 aliphatic carbocycles. The monoisotopic (exact) mass is 267 g/mol. The number of amides is 1. The second-order valence-corrected chi connectivity index (χ2v) is 4.42. The first-order chi connectivity index (χ1) is 9.83. The van der Waals surface area contributed by atoms with Crippen molar-refractivity contribution < 1.29 is 4.79 Å². The standard InChI is InChI=1S/C14H13N5O/c20-14(17-4-3-10-6-15-9-16-7-10)11-1-2-13-12(5-11)8-18-19-13/h1-2,5-9H,3-4H2,(H,17,20)(H,18,19). The van der Waals surface area contributed by atoms with Crippen molar-refractivity contribution in [1.82, 2.24) is 25.5 Å². The minimum Gasteiger partial charge on any atom is -0.352 e. The first-order valence-electron chi connectivity index (χ1n) is 6.28. The lowest BCUT2D eigenvalue weighted by atomic mass is 10.1. The van der Waals surface area contributed by atoms with Crippen LogP contribution in [0.4, 0.5) is 0 Å². The SMILES string of the molecule is O=C(NCCc1cncnc1)c1ccc2[nH]ncc2c1. The van der Waals surface area contributed by atoms with Crippen molar-refractivity contribution in [3.63, 3.8) is 0 Å². The summed E-state index contributed by atoms with van der Waals surface area (Å²) in [4.78, 5) is 19.9. The van der Waals surface area contributed by atoms with Crippen LogP contribution in [0.2, 0.25) is 0 Å². The number of aromatic amines is 1. The minimum absolute atomic E-state index is 0.0926. The van der Waals surface area contributed by atoms with Crippen molar-refractivity contribution in [2.45, 2.75) is 6.42 Å². The van der Waals surface area contributed by atoms with E-state index in [1.165, 1.54) is 6.33 Å². The molecular weight excluding hydrogens is 254 g/mol. The highest BCUT2D eigenvalue weighted by Crippen LogP contribution is 2.12. The summed E-state index contributed by atoms with van der Waals surface area (Å²) in [5.74, 6) is -0.0926. The Hall–Kier alpha value is -2.76. The van der Waals surface area contributed by atoms with E-state index in [0.717, 1.165) is 16.5 Å². The third-order valence-corrected chi connectivity index (χ3v) is 3.02. The van der Waals surface area contributed by atoms with Crippen molar-refractivity contribution in [3.05, 3.63) is 54.2 Å². The molecule has 20 heavy (non-hydrogen) atoms. The molecule has 0 saturated carbocycles. The van der Waals surface area contributed by atoms with Gasteiger partial charge in [0, 0.05) is 29.9 Å². The van der Waals surface area contributed by atoms with Crippen LogP contribution in [0.25, 0.3) is 10.9 Å². The fourth-order valence-electron chi connectivity index (χ4n) is 1.97. The molecule has 0 atom stereocenters. The van der Waals surface area contributed by atoms with Crippen molar-refractivity contribution in [1.29, 1.82) is 0 Å². The highest BCUT2D eigenvalue weighted by Gasteiger charge is 2.06. The van der Waals surface area contributed by atoms with Gasteiger partial charge in [-0.3, -0.25) is 9.89 Å². The number of fused-ring (bicyclic) bond motifs is 1. The van der Waals surface area contributed by atoms with E-state index in [4.69, 9.17) is 0 Å². The van der Waals surface area contributed by atoms with Gasteiger partial charge in [-0.25, -0.2) is 9.97 Å². The van der Waals surface area contributed by atoms with Crippen LogP contribution in [0.1, 0.15) is 15.9 Å². The maximum Gasteiger partial charge on any atom is 0.251 e. The molecule has 2 aromatic heterocycles. The van der Waals surface area contributed by atoms with Crippen LogP contribution in [-0.2, 0) is 6.42 Å². The predicted octanol–water partition coefficient (Wildman–Crippen LogP) is 1.33. The molecule has 0 radical (unpaired) electrons. The second kappa shape index (κ2) is 5.48. The Bertz CT molecular complexity index is 723. The summed E-state index contributed by atoms with van der Waals surface area (Å²) in [6.07, 6.45) is 7.39. The molecule has 2 N–H and O–H groups in total. The van der Waals surface area contributed by atoms with E-state index in [1.54, 1.807) is 24.7 Å². The van der Waals surface area contributed by atoms with Gasteiger partial charge in [0.25, 0.3) is 5.91 Å². The largest absolute Gasteiger partial charge is 0.352 e. The molecule has 6 nitrogen and oxygen atoms in total. The zero-order chi connectivity index (χ0) is 13.8. The molecule has 0 aliphatic heterocycles.